The van der Waals surface area contributed by atoms with Crippen molar-refractivity contribution in [1.82, 2.24) is 14.9 Å². The van der Waals surface area contributed by atoms with Crippen molar-refractivity contribution < 1.29 is 9.53 Å². The summed E-state index contributed by atoms with van der Waals surface area (Å²) in [6, 6.07) is 1.87. The van der Waals surface area contributed by atoms with E-state index in [1.54, 1.807) is 31.7 Å². The SMILES string of the molecule is CN1C(=O)/C(=C/c2c[nH]c3cnccc23)OC1=S. The van der Waals surface area contributed by atoms with Crippen LogP contribution in [0.2, 0.25) is 0 Å². The summed E-state index contributed by atoms with van der Waals surface area (Å²) in [5, 5.41) is 1.15. The Bertz CT molecular complexity index is 689. The molecule has 0 radical (unpaired) electrons. The highest BCUT2D eigenvalue weighted by Crippen LogP contribution is 2.23. The van der Waals surface area contributed by atoms with Crippen LogP contribution in [0.5, 0.6) is 0 Å². The number of carbonyl (C=O) groups excluding carboxylic acids is 1. The molecule has 0 atom stereocenters. The van der Waals surface area contributed by atoms with Crippen molar-refractivity contribution in [3.05, 3.63) is 36.0 Å². The molecule has 1 N–H and O–H groups in total. The predicted octanol–water partition coefficient (Wildman–Crippen LogP) is 1.68. The van der Waals surface area contributed by atoms with Gasteiger partial charge in [-0.3, -0.25) is 14.7 Å². The van der Waals surface area contributed by atoms with E-state index in [1.165, 1.54) is 4.90 Å². The van der Waals surface area contributed by atoms with Gasteiger partial charge >= 0.3 is 0 Å². The number of nitrogens with zero attached hydrogens (tertiary/aromatic N) is 2. The van der Waals surface area contributed by atoms with Crippen molar-refractivity contribution >= 4 is 40.3 Å². The van der Waals surface area contributed by atoms with Crippen molar-refractivity contribution in [3.8, 4) is 0 Å². The maximum Gasteiger partial charge on any atom is 0.296 e. The molecule has 1 amide bonds. The van der Waals surface area contributed by atoms with E-state index in [-0.39, 0.29) is 16.8 Å². The van der Waals surface area contributed by atoms with Crippen LogP contribution in [0, 0.1) is 0 Å². The van der Waals surface area contributed by atoms with Crippen LogP contribution in [0.4, 0.5) is 0 Å². The monoisotopic (exact) mass is 259 g/mol. The van der Waals surface area contributed by atoms with Gasteiger partial charge in [-0.05, 0) is 24.4 Å². The lowest BCUT2D eigenvalue weighted by Crippen LogP contribution is -2.22. The van der Waals surface area contributed by atoms with E-state index in [0.717, 1.165) is 16.5 Å². The topological polar surface area (TPSA) is 58.2 Å². The van der Waals surface area contributed by atoms with E-state index in [1.807, 2.05) is 6.07 Å². The molecule has 5 nitrogen and oxygen atoms in total. The summed E-state index contributed by atoms with van der Waals surface area (Å²) in [7, 11) is 1.59. The summed E-state index contributed by atoms with van der Waals surface area (Å²) < 4.78 is 5.25. The first-order chi connectivity index (χ1) is 8.66. The fourth-order valence-corrected chi connectivity index (χ4v) is 1.97. The standard InChI is InChI=1S/C12H9N3O2S/c1-15-11(16)10(17-12(15)18)4-7-5-14-9-6-13-3-2-8(7)9/h2-6,14H,1H3/b10-4-. The molecule has 0 unspecified atom stereocenters. The number of aromatic nitrogens is 2. The molecule has 2 aromatic rings. The van der Waals surface area contributed by atoms with Crippen LogP contribution in [0.3, 0.4) is 0 Å². The van der Waals surface area contributed by atoms with Crippen molar-refractivity contribution in [2.24, 2.45) is 0 Å². The van der Waals surface area contributed by atoms with Gasteiger partial charge in [-0.15, -0.1) is 0 Å². The van der Waals surface area contributed by atoms with E-state index >= 15 is 0 Å². The highest BCUT2D eigenvalue weighted by atomic mass is 32.1. The molecule has 0 aliphatic carbocycles. The third kappa shape index (κ3) is 1.58. The molecule has 1 aliphatic rings. The molecule has 6 heteroatoms. The van der Waals surface area contributed by atoms with Gasteiger partial charge in [0.05, 0.1) is 11.7 Å². The van der Waals surface area contributed by atoms with Gasteiger partial charge in [-0.25, -0.2) is 0 Å². The number of amides is 1. The molecule has 0 saturated carbocycles. The molecule has 1 aliphatic heterocycles. The maximum atomic E-state index is 11.8. The number of hydrogen-bond donors (Lipinski definition) is 1. The number of thiocarbonyl (C=S) groups is 1. The first-order valence-electron chi connectivity index (χ1n) is 5.29. The molecule has 0 bridgehead atoms. The molecular formula is C12H9N3O2S. The number of pyridine rings is 1. The third-order valence-corrected chi connectivity index (χ3v) is 3.15. The second kappa shape index (κ2) is 3.92. The minimum atomic E-state index is -0.233. The number of fused-ring (bicyclic) bond motifs is 1. The molecule has 0 spiro atoms. The highest BCUT2D eigenvalue weighted by Gasteiger charge is 2.30. The summed E-state index contributed by atoms with van der Waals surface area (Å²) in [5.41, 5.74) is 1.78. The molecule has 90 valence electrons. The summed E-state index contributed by atoms with van der Waals surface area (Å²) in [6.45, 7) is 0. The van der Waals surface area contributed by atoms with E-state index < -0.39 is 0 Å². The summed E-state index contributed by atoms with van der Waals surface area (Å²) in [6.07, 6.45) is 6.91. The number of ether oxygens (including phenoxy) is 1. The highest BCUT2D eigenvalue weighted by molar-refractivity contribution is 7.80. The summed E-state index contributed by atoms with van der Waals surface area (Å²) in [5.74, 6) is 0.00335. The fourth-order valence-electron chi connectivity index (χ4n) is 1.80. The zero-order valence-corrected chi connectivity index (χ0v) is 10.3. The molecule has 0 aromatic carbocycles. The van der Waals surface area contributed by atoms with Crippen LogP contribution in [0.15, 0.2) is 30.4 Å². The van der Waals surface area contributed by atoms with E-state index in [4.69, 9.17) is 17.0 Å². The average molecular weight is 259 g/mol. The molecule has 3 rings (SSSR count). The minimum Gasteiger partial charge on any atom is -0.426 e. The zero-order chi connectivity index (χ0) is 12.7. The van der Waals surface area contributed by atoms with Crippen LogP contribution in [-0.2, 0) is 9.53 Å². The van der Waals surface area contributed by atoms with Crippen LogP contribution in [-0.4, -0.2) is 33.0 Å². The maximum absolute atomic E-state index is 11.8. The van der Waals surface area contributed by atoms with Crippen molar-refractivity contribution in [3.63, 3.8) is 0 Å². The van der Waals surface area contributed by atoms with Gasteiger partial charge in [0.15, 0.2) is 5.76 Å². The van der Waals surface area contributed by atoms with Gasteiger partial charge < -0.3 is 9.72 Å². The Hall–Kier alpha value is -2.21. The lowest BCUT2D eigenvalue weighted by atomic mass is 10.2. The number of nitrogens with one attached hydrogen (secondary N) is 1. The first-order valence-corrected chi connectivity index (χ1v) is 5.70. The Morgan fingerprint density at radius 1 is 1.56 bits per heavy atom. The minimum absolute atomic E-state index is 0.174. The van der Waals surface area contributed by atoms with Crippen molar-refractivity contribution in [2.45, 2.75) is 0 Å². The quantitative estimate of drug-likeness (QED) is 0.625. The second-order valence-electron chi connectivity index (χ2n) is 3.91. The number of carbonyl (C=O) groups is 1. The first kappa shape index (κ1) is 10.9. The number of hydrogen-bond acceptors (Lipinski definition) is 4. The number of rotatable bonds is 1. The number of likely N-dealkylation sites (N-methyl/N-ethyl adjacent to an activating group) is 1. The summed E-state index contributed by atoms with van der Waals surface area (Å²) >= 11 is 4.91. The molecule has 18 heavy (non-hydrogen) atoms. The Balaban J connectivity index is 2.07. The Morgan fingerprint density at radius 3 is 3.11 bits per heavy atom. The lowest BCUT2D eigenvalue weighted by Gasteiger charge is -1.99. The van der Waals surface area contributed by atoms with Gasteiger partial charge in [0.25, 0.3) is 11.1 Å². The van der Waals surface area contributed by atoms with Gasteiger partial charge in [0.2, 0.25) is 0 Å². The lowest BCUT2D eigenvalue weighted by molar-refractivity contribution is -0.122. The molecule has 3 heterocycles. The smallest absolute Gasteiger partial charge is 0.296 e. The van der Waals surface area contributed by atoms with Gasteiger partial charge in [0.1, 0.15) is 0 Å². The number of H-pyrrole nitrogens is 1. The van der Waals surface area contributed by atoms with Crippen molar-refractivity contribution in [1.29, 1.82) is 0 Å². The second-order valence-corrected chi connectivity index (χ2v) is 4.26. The van der Waals surface area contributed by atoms with Gasteiger partial charge in [-0.1, -0.05) is 0 Å². The molecule has 2 aromatic heterocycles. The largest absolute Gasteiger partial charge is 0.426 e. The third-order valence-electron chi connectivity index (χ3n) is 2.79. The van der Waals surface area contributed by atoms with Crippen LogP contribution in [0.25, 0.3) is 17.0 Å². The van der Waals surface area contributed by atoms with Gasteiger partial charge in [-0.2, -0.15) is 0 Å². The van der Waals surface area contributed by atoms with Gasteiger partial charge in [0, 0.05) is 30.4 Å². The molecule has 1 fully saturated rings. The van der Waals surface area contributed by atoms with E-state index in [2.05, 4.69) is 9.97 Å². The number of aromatic amines is 1. The Labute approximate surface area is 108 Å². The van der Waals surface area contributed by atoms with Crippen LogP contribution >= 0.6 is 12.2 Å². The fraction of sp³-hybridized carbons (Fsp3) is 0.0833. The molecular weight excluding hydrogens is 250 g/mol. The van der Waals surface area contributed by atoms with Crippen molar-refractivity contribution in [2.75, 3.05) is 7.05 Å². The average Bonchev–Trinajstić information content (AvgIpc) is 2.89. The zero-order valence-electron chi connectivity index (χ0n) is 9.51. The van der Waals surface area contributed by atoms with Crippen LogP contribution < -0.4 is 0 Å². The van der Waals surface area contributed by atoms with E-state index in [9.17, 15) is 4.79 Å². The normalized spacial score (nSPS) is 17.8. The summed E-state index contributed by atoms with van der Waals surface area (Å²) in [4.78, 5) is 20.2. The predicted molar refractivity (Wildman–Crippen MR) is 70.5 cm³/mol. The van der Waals surface area contributed by atoms with Crippen LogP contribution in [0.1, 0.15) is 5.56 Å². The van der Waals surface area contributed by atoms with E-state index in [0.29, 0.717) is 0 Å². The Kier molecular flexibility index (Phi) is 2.38. The Morgan fingerprint density at radius 2 is 2.39 bits per heavy atom. The molecule has 1 saturated heterocycles.